The highest BCUT2D eigenvalue weighted by molar-refractivity contribution is 7.99. The van der Waals surface area contributed by atoms with Crippen molar-refractivity contribution in [2.24, 2.45) is 0 Å². The van der Waals surface area contributed by atoms with E-state index in [1.54, 1.807) is 16.0 Å². The van der Waals surface area contributed by atoms with E-state index in [1.165, 1.54) is 11.8 Å². The van der Waals surface area contributed by atoms with Crippen molar-refractivity contribution in [2.75, 3.05) is 5.75 Å². The molecule has 0 saturated carbocycles. The van der Waals surface area contributed by atoms with Crippen LogP contribution in [0.2, 0.25) is 0 Å². The molecule has 1 aromatic carbocycles. The van der Waals surface area contributed by atoms with E-state index >= 15 is 0 Å². The first-order valence-corrected chi connectivity index (χ1v) is 8.90. The highest BCUT2D eigenvalue weighted by Gasteiger charge is 2.10. The lowest BCUT2D eigenvalue weighted by Gasteiger charge is -2.05. The number of rotatable bonds is 7. The number of nitrogens with zero attached hydrogens (tertiary/aromatic N) is 4. The van der Waals surface area contributed by atoms with E-state index in [9.17, 15) is 4.79 Å². The number of nitrogens with one attached hydrogen (secondary N) is 1. The fourth-order valence-corrected chi connectivity index (χ4v) is 3.29. The molecule has 8 heteroatoms. The Morgan fingerprint density at radius 3 is 2.87 bits per heavy atom. The highest BCUT2D eigenvalue weighted by atomic mass is 32.2. The summed E-state index contributed by atoms with van der Waals surface area (Å²) in [5.41, 5.74) is 1.11. The Hall–Kier alpha value is -2.19. The monoisotopic (exact) mass is 345 g/mol. The van der Waals surface area contributed by atoms with Crippen LogP contribution in [0, 0.1) is 0 Å². The number of thioether (sulfide) groups is 1. The van der Waals surface area contributed by atoms with Crippen LogP contribution in [0.5, 0.6) is 0 Å². The van der Waals surface area contributed by atoms with Gasteiger partial charge in [-0.25, -0.2) is 4.68 Å². The Morgan fingerprint density at radius 2 is 2.09 bits per heavy atom. The maximum absolute atomic E-state index is 11.9. The van der Waals surface area contributed by atoms with Crippen LogP contribution in [0.4, 0.5) is 0 Å². The van der Waals surface area contributed by atoms with Crippen LogP contribution < -0.4 is 5.32 Å². The summed E-state index contributed by atoms with van der Waals surface area (Å²) < 4.78 is 1.70. The lowest BCUT2D eigenvalue weighted by atomic mass is 10.2. The van der Waals surface area contributed by atoms with E-state index in [0.717, 1.165) is 10.4 Å². The molecule has 2 aromatic heterocycles. The quantitative estimate of drug-likeness (QED) is 0.665. The largest absolute Gasteiger partial charge is 0.350 e. The number of thiophene rings is 1. The Balaban J connectivity index is 1.50. The molecule has 1 N–H and O–H groups in total. The third-order valence-corrected chi connectivity index (χ3v) is 4.88. The van der Waals surface area contributed by atoms with Crippen LogP contribution in [-0.4, -0.2) is 31.9 Å². The summed E-state index contributed by atoms with van der Waals surface area (Å²) in [6.07, 6.45) is 0. The molecule has 0 atom stereocenters. The van der Waals surface area contributed by atoms with E-state index in [1.807, 2.05) is 47.8 Å². The first kappa shape index (κ1) is 15.7. The number of hydrogen-bond acceptors (Lipinski definition) is 6. The molecule has 3 aromatic rings. The van der Waals surface area contributed by atoms with Gasteiger partial charge < -0.3 is 5.32 Å². The molecule has 0 bridgehead atoms. The molecule has 0 fully saturated rings. The first-order valence-electron chi connectivity index (χ1n) is 7.03. The standard InChI is InChI=1S/C15H15N5OS2/c21-14(16-9-13-7-4-8-22-13)11-23-15-17-18-19-20(15)10-12-5-2-1-3-6-12/h1-8H,9-11H2,(H,16,21). The average Bonchev–Trinajstić information content (AvgIpc) is 3.24. The van der Waals surface area contributed by atoms with E-state index in [2.05, 4.69) is 20.8 Å². The Morgan fingerprint density at radius 1 is 1.22 bits per heavy atom. The van der Waals surface area contributed by atoms with Gasteiger partial charge in [-0.15, -0.1) is 16.4 Å². The first-order chi connectivity index (χ1) is 11.3. The molecular weight excluding hydrogens is 330 g/mol. The predicted molar refractivity (Wildman–Crippen MR) is 90.3 cm³/mol. The number of carbonyl (C=O) groups excluding carboxylic acids is 1. The number of aromatic nitrogens is 4. The van der Waals surface area contributed by atoms with E-state index in [4.69, 9.17) is 0 Å². The van der Waals surface area contributed by atoms with Crippen molar-refractivity contribution in [3.05, 3.63) is 58.3 Å². The van der Waals surface area contributed by atoms with Crippen molar-refractivity contribution < 1.29 is 4.79 Å². The fourth-order valence-electron chi connectivity index (χ4n) is 1.94. The lowest BCUT2D eigenvalue weighted by Crippen LogP contribution is -2.24. The van der Waals surface area contributed by atoms with Crippen LogP contribution in [0.15, 0.2) is 53.0 Å². The van der Waals surface area contributed by atoms with Crippen molar-refractivity contribution in [2.45, 2.75) is 18.2 Å². The van der Waals surface area contributed by atoms with Gasteiger partial charge in [0.2, 0.25) is 11.1 Å². The molecule has 0 aliphatic heterocycles. The van der Waals surface area contributed by atoms with Crippen LogP contribution in [0.3, 0.4) is 0 Å². The van der Waals surface area contributed by atoms with Crippen molar-refractivity contribution in [3.8, 4) is 0 Å². The molecule has 1 amide bonds. The Bertz CT molecular complexity index is 742. The van der Waals surface area contributed by atoms with Gasteiger partial charge in [0, 0.05) is 4.88 Å². The average molecular weight is 345 g/mol. The fraction of sp³-hybridized carbons (Fsp3) is 0.200. The second-order valence-electron chi connectivity index (χ2n) is 4.75. The summed E-state index contributed by atoms with van der Waals surface area (Å²) in [7, 11) is 0. The molecule has 0 unspecified atom stereocenters. The third-order valence-electron chi connectivity index (χ3n) is 3.05. The number of benzene rings is 1. The van der Waals surface area contributed by atoms with Gasteiger partial charge >= 0.3 is 0 Å². The number of amides is 1. The molecule has 0 radical (unpaired) electrons. The SMILES string of the molecule is O=C(CSc1nnnn1Cc1ccccc1)NCc1cccs1. The number of carbonyl (C=O) groups is 1. The molecule has 0 spiro atoms. The summed E-state index contributed by atoms with van der Waals surface area (Å²) in [5.74, 6) is 0.262. The molecule has 6 nitrogen and oxygen atoms in total. The van der Waals surface area contributed by atoms with Gasteiger partial charge in [0.25, 0.3) is 0 Å². The summed E-state index contributed by atoms with van der Waals surface area (Å²) in [5, 5.41) is 17.2. The van der Waals surface area contributed by atoms with Crippen LogP contribution >= 0.6 is 23.1 Å². The molecule has 3 rings (SSSR count). The topological polar surface area (TPSA) is 72.7 Å². The molecule has 23 heavy (non-hydrogen) atoms. The summed E-state index contributed by atoms with van der Waals surface area (Å²) in [6, 6.07) is 13.9. The van der Waals surface area contributed by atoms with Gasteiger partial charge in [-0.2, -0.15) is 0 Å². The normalized spacial score (nSPS) is 10.6. The minimum atomic E-state index is -0.0299. The number of tetrazole rings is 1. The zero-order chi connectivity index (χ0) is 15.9. The minimum absolute atomic E-state index is 0.0299. The van der Waals surface area contributed by atoms with Crippen LogP contribution in [0.1, 0.15) is 10.4 Å². The van der Waals surface area contributed by atoms with Crippen molar-refractivity contribution in [3.63, 3.8) is 0 Å². The minimum Gasteiger partial charge on any atom is -0.350 e. The van der Waals surface area contributed by atoms with Gasteiger partial charge in [-0.1, -0.05) is 48.2 Å². The Kier molecular flexibility index (Phi) is 5.38. The molecule has 2 heterocycles. The highest BCUT2D eigenvalue weighted by Crippen LogP contribution is 2.15. The summed E-state index contributed by atoms with van der Waals surface area (Å²) in [4.78, 5) is 13.0. The van der Waals surface area contributed by atoms with Gasteiger partial charge in [0.05, 0.1) is 18.8 Å². The van der Waals surface area contributed by atoms with Gasteiger partial charge in [0.1, 0.15) is 0 Å². The zero-order valence-electron chi connectivity index (χ0n) is 12.3. The third kappa shape index (κ3) is 4.64. The lowest BCUT2D eigenvalue weighted by molar-refractivity contribution is -0.118. The van der Waals surface area contributed by atoms with Gasteiger partial charge in [0.15, 0.2) is 0 Å². The molecule has 118 valence electrons. The zero-order valence-corrected chi connectivity index (χ0v) is 13.9. The van der Waals surface area contributed by atoms with Gasteiger partial charge in [-0.3, -0.25) is 4.79 Å². The van der Waals surface area contributed by atoms with E-state index < -0.39 is 0 Å². The predicted octanol–water partition coefficient (Wildman–Crippen LogP) is 2.19. The van der Waals surface area contributed by atoms with Gasteiger partial charge in [-0.05, 0) is 27.4 Å². The van der Waals surface area contributed by atoms with E-state index in [-0.39, 0.29) is 5.91 Å². The second kappa shape index (κ2) is 7.89. The Labute approximate surface area is 141 Å². The summed E-state index contributed by atoms with van der Waals surface area (Å²) in [6.45, 7) is 1.15. The van der Waals surface area contributed by atoms with Crippen molar-refractivity contribution >= 4 is 29.0 Å². The molecule has 0 saturated heterocycles. The van der Waals surface area contributed by atoms with Crippen LogP contribution in [0.25, 0.3) is 0 Å². The second-order valence-corrected chi connectivity index (χ2v) is 6.72. The van der Waals surface area contributed by atoms with Crippen molar-refractivity contribution in [1.82, 2.24) is 25.5 Å². The maximum Gasteiger partial charge on any atom is 0.230 e. The summed E-state index contributed by atoms with van der Waals surface area (Å²) >= 11 is 2.96. The van der Waals surface area contributed by atoms with Crippen LogP contribution in [-0.2, 0) is 17.9 Å². The van der Waals surface area contributed by atoms with E-state index in [0.29, 0.717) is 24.0 Å². The van der Waals surface area contributed by atoms with Crippen molar-refractivity contribution in [1.29, 1.82) is 0 Å². The maximum atomic E-state index is 11.9. The molecular formula is C15H15N5OS2. The smallest absolute Gasteiger partial charge is 0.230 e. The number of hydrogen-bond donors (Lipinski definition) is 1. The molecule has 0 aliphatic carbocycles. The molecule has 0 aliphatic rings.